The van der Waals surface area contributed by atoms with Gasteiger partial charge in [0.1, 0.15) is 5.69 Å². The molecule has 4 nitrogen and oxygen atoms in total. The van der Waals surface area contributed by atoms with Crippen LogP contribution >= 0.6 is 0 Å². The van der Waals surface area contributed by atoms with E-state index in [0.29, 0.717) is 0 Å². The molecule has 1 aromatic carbocycles. The lowest BCUT2D eigenvalue weighted by Gasteiger charge is -2.21. The van der Waals surface area contributed by atoms with Crippen LogP contribution in [-0.2, 0) is 17.7 Å². The molecule has 0 bridgehead atoms. The number of hydrogen-bond donors (Lipinski definition) is 0. The van der Waals surface area contributed by atoms with Crippen molar-refractivity contribution in [3.8, 4) is 23.1 Å². The summed E-state index contributed by atoms with van der Waals surface area (Å²) in [4.78, 5) is 0. The zero-order valence-electron chi connectivity index (χ0n) is 14.6. The van der Waals surface area contributed by atoms with Crippen LogP contribution in [0, 0.1) is 11.8 Å². The fraction of sp³-hybridized carbons (Fsp3) is 0.500. The first-order chi connectivity index (χ1) is 11.8. The van der Waals surface area contributed by atoms with Gasteiger partial charge in [-0.3, -0.25) is 0 Å². The van der Waals surface area contributed by atoms with Crippen molar-refractivity contribution in [2.45, 2.75) is 58.6 Å². The van der Waals surface area contributed by atoms with Crippen LogP contribution in [0.2, 0.25) is 0 Å². The van der Waals surface area contributed by atoms with Crippen LogP contribution in [0.5, 0.6) is 0 Å². The molecule has 1 aromatic heterocycles. The Hall–Kier alpha value is -2.12. The number of ether oxygens (including phenoxy) is 1. The predicted octanol–water partition coefficient (Wildman–Crippen LogP) is 3.84. The first-order valence-corrected chi connectivity index (χ1v) is 8.94. The molecule has 2 aromatic rings. The van der Waals surface area contributed by atoms with Gasteiger partial charge < -0.3 is 4.74 Å². The van der Waals surface area contributed by atoms with E-state index in [9.17, 15) is 0 Å². The minimum atomic E-state index is 0.269. The average Bonchev–Trinajstić information content (AvgIpc) is 3.08. The fourth-order valence-electron chi connectivity index (χ4n) is 3.08. The molecule has 1 fully saturated rings. The highest BCUT2D eigenvalue weighted by Gasteiger charge is 2.16. The van der Waals surface area contributed by atoms with Crippen molar-refractivity contribution in [2.75, 3.05) is 6.61 Å². The Morgan fingerprint density at radius 1 is 1.29 bits per heavy atom. The Labute approximate surface area is 144 Å². The van der Waals surface area contributed by atoms with E-state index in [-0.39, 0.29) is 6.10 Å². The maximum atomic E-state index is 5.79. The minimum absolute atomic E-state index is 0.269. The Morgan fingerprint density at radius 2 is 2.21 bits per heavy atom. The molecule has 2 heterocycles. The number of hydrogen-bond acceptors (Lipinski definition) is 3. The van der Waals surface area contributed by atoms with Gasteiger partial charge in [0, 0.05) is 24.2 Å². The first-order valence-electron chi connectivity index (χ1n) is 8.94. The van der Waals surface area contributed by atoms with E-state index in [4.69, 9.17) is 4.74 Å². The lowest BCUT2D eigenvalue weighted by molar-refractivity contribution is 0.00370. The summed E-state index contributed by atoms with van der Waals surface area (Å²) in [5.74, 6) is 6.33. The number of benzene rings is 1. The largest absolute Gasteiger partial charge is 0.376 e. The Kier molecular flexibility index (Phi) is 5.66. The number of nitrogens with zero attached hydrogens (tertiary/aromatic N) is 3. The standard InChI is InChI=1S/C20H25N3O/c1-3-5-8-16-10-11-19(17(4-2)13-16)20-15-23(22-21-20)14-18-9-6-7-12-24-18/h10-11,13,15,18H,3-4,6-7,9,12,14H2,1-2H3. The van der Waals surface area contributed by atoms with Gasteiger partial charge in [0.25, 0.3) is 0 Å². The van der Waals surface area contributed by atoms with E-state index in [2.05, 4.69) is 54.2 Å². The summed E-state index contributed by atoms with van der Waals surface area (Å²) < 4.78 is 7.70. The molecule has 1 unspecified atom stereocenters. The van der Waals surface area contributed by atoms with E-state index in [0.717, 1.165) is 49.2 Å². The summed E-state index contributed by atoms with van der Waals surface area (Å²) in [5.41, 5.74) is 4.41. The second-order valence-electron chi connectivity index (χ2n) is 6.20. The van der Waals surface area contributed by atoms with E-state index in [1.54, 1.807) is 0 Å². The molecule has 24 heavy (non-hydrogen) atoms. The van der Waals surface area contributed by atoms with Crippen molar-refractivity contribution in [1.29, 1.82) is 0 Å². The fourth-order valence-corrected chi connectivity index (χ4v) is 3.08. The molecule has 0 saturated carbocycles. The third-order valence-corrected chi connectivity index (χ3v) is 4.37. The summed E-state index contributed by atoms with van der Waals surface area (Å²) in [5, 5.41) is 8.67. The van der Waals surface area contributed by atoms with Crippen molar-refractivity contribution in [2.24, 2.45) is 0 Å². The average molecular weight is 323 g/mol. The first kappa shape index (κ1) is 16.7. The molecule has 0 radical (unpaired) electrons. The van der Waals surface area contributed by atoms with Gasteiger partial charge in [0.05, 0.1) is 18.8 Å². The molecular formula is C20H25N3O. The number of rotatable bonds is 4. The highest BCUT2D eigenvalue weighted by molar-refractivity contribution is 5.64. The van der Waals surface area contributed by atoms with Gasteiger partial charge in [-0.25, -0.2) is 4.68 Å². The summed E-state index contributed by atoms with van der Waals surface area (Å²) in [6.45, 7) is 5.88. The molecule has 0 spiro atoms. The smallest absolute Gasteiger partial charge is 0.113 e. The van der Waals surface area contributed by atoms with Crippen molar-refractivity contribution >= 4 is 0 Å². The Morgan fingerprint density at radius 3 is 2.96 bits per heavy atom. The van der Waals surface area contributed by atoms with Gasteiger partial charge in [-0.05, 0) is 43.4 Å². The number of aryl methyl sites for hydroxylation is 1. The topological polar surface area (TPSA) is 39.9 Å². The number of aromatic nitrogens is 3. The summed E-state index contributed by atoms with van der Waals surface area (Å²) in [6.07, 6.45) is 7.66. The highest BCUT2D eigenvalue weighted by Crippen LogP contribution is 2.24. The minimum Gasteiger partial charge on any atom is -0.376 e. The van der Waals surface area contributed by atoms with Gasteiger partial charge in [-0.15, -0.1) is 5.10 Å². The molecular weight excluding hydrogens is 298 g/mol. The van der Waals surface area contributed by atoms with Crippen molar-refractivity contribution in [3.63, 3.8) is 0 Å². The lowest BCUT2D eigenvalue weighted by Crippen LogP contribution is -2.24. The van der Waals surface area contributed by atoms with Crippen LogP contribution in [-0.4, -0.2) is 27.7 Å². The van der Waals surface area contributed by atoms with Gasteiger partial charge in [-0.1, -0.05) is 37.0 Å². The highest BCUT2D eigenvalue weighted by atomic mass is 16.5. The van der Waals surface area contributed by atoms with E-state index >= 15 is 0 Å². The molecule has 0 aliphatic carbocycles. The maximum Gasteiger partial charge on any atom is 0.113 e. The monoisotopic (exact) mass is 323 g/mol. The molecule has 1 saturated heterocycles. The van der Waals surface area contributed by atoms with E-state index in [1.165, 1.54) is 18.4 Å². The quantitative estimate of drug-likeness (QED) is 0.803. The third-order valence-electron chi connectivity index (χ3n) is 4.37. The Bertz CT molecular complexity index is 733. The molecule has 0 amide bonds. The van der Waals surface area contributed by atoms with Crippen LogP contribution < -0.4 is 0 Å². The van der Waals surface area contributed by atoms with Gasteiger partial charge in [-0.2, -0.15) is 0 Å². The van der Waals surface area contributed by atoms with Crippen LogP contribution in [0.4, 0.5) is 0 Å². The van der Waals surface area contributed by atoms with Gasteiger partial charge in [0.2, 0.25) is 0 Å². The second-order valence-corrected chi connectivity index (χ2v) is 6.20. The van der Waals surface area contributed by atoms with Crippen LogP contribution in [0.25, 0.3) is 11.3 Å². The van der Waals surface area contributed by atoms with Gasteiger partial charge >= 0.3 is 0 Å². The predicted molar refractivity (Wildman–Crippen MR) is 95.6 cm³/mol. The zero-order valence-corrected chi connectivity index (χ0v) is 14.6. The summed E-state index contributed by atoms with van der Waals surface area (Å²) >= 11 is 0. The van der Waals surface area contributed by atoms with Crippen LogP contribution in [0.15, 0.2) is 24.4 Å². The van der Waals surface area contributed by atoms with Crippen molar-refractivity contribution < 1.29 is 4.74 Å². The van der Waals surface area contributed by atoms with Crippen LogP contribution in [0.1, 0.15) is 50.7 Å². The molecule has 4 heteroatoms. The zero-order chi connectivity index (χ0) is 16.8. The van der Waals surface area contributed by atoms with Crippen molar-refractivity contribution in [3.05, 3.63) is 35.5 Å². The van der Waals surface area contributed by atoms with E-state index < -0.39 is 0 Å². The molecule has 0 N–H and O–H groups in total. The summed E-state index contributed by atoms with van der Waals surface area (Å²) in [7, 11) is 0. The summed E-state index contributed by atoms with van der Waals surface area (Å²) in [6, 6.07) is 6.35. The molecule has 126 valence electrons. The molecule has 3 rings (SSSR count). The lowest BCUT2D eigenvalue weighted by atomic mass is 10.00. The second kappa shape index (κ2) is 8.12. The van der Waals surface area contributed by atoms with Gasteiger partial charge in [0.15, 0.2) is 0 Å². The third kappa shape index (κ3) is 4.04. The van der Waals surface area contributed by atoms with Crippen molar-refractivity contribution in [1.82, 2.24) is 15.0 Å². The van der Waals surface area contributed by atoms with Crippen LogP contribution in [0.3, 0.4) is 0 Å². The molecule has 1 atom stereocenters. The normalized spacial score (nSPS) is 17.3. The Balaban J connectivity index is 1.78. The molecule has 1 aliphatic heterocycles. The molecule has 1 aliphatic rings. The maximum absolute atomic E-state index is 5.79. The SMILES string of the molecule is CCC#Cc1ccc(-c2cn(CC3CCCCO3)nn2)c(CC)c1. The van der Waals surface area contributed by atoms with E-state index in [1.807, 2.05) is 10.9 Å².